The number of ether oxygens (including phenoxy) is 2. The zero-order chi connectivity index (χ0) is 13.3. The van der Waals surface area contributed by atoms with Crippen molar-refractivity contribution in [3.63, 3.8) is 0 Å². The third-order valence-electron chi connectivity index (χ3n) is 2.93. The van der Waals surface area contributed by atoms with Gasteiger partial charge in [-0.15, -0.1) is 0 Å². The maximum atomic E-state index is 10.8. The molecule has 1 rings (SSSR count). The van der Waals surface area contributed by atoms with Crippen LogP contribution in [0.5, 0.6) is 0 Å². The summed E-state index contributed by atoms with van der Waals surface area (Å²) >= 11 is 0. The van der Waals surface area contributed by atoms with Gasteiger partial charge in [0.25, 0.3) is 11.9 Å². The molecule has 0 saturated carbocycles. The molecule has 0 bridgehead atoms. The van der Waals surface area contributed by atoms with Crippen LogP contribution >= 0.6 is 0 Å². The Hall–Kier alpha value is -1.96. The number of rotatable bonds is 2. The Kier molecular flexibility index (Phi) is 3.18. The van der Waals surface area contributed by atoms with Crippen LogP contribution in [-0.2, 0) is 14.3 Å². The van der Waals surface area contributed by atoms with Gasteiger partial charge in [-0.05, 0) is 33.8 Å². The number of hydrogen-bond acceptors (Lipinski definition) is 4. The number of nitrogens with zero attached hydrogens (tertiary/aromatic N) is 1. The fraction of sp³-hybridized carbons (Fsp3) is 0.500. The average Bonchev–Trinajstić information content (AvgIpc) is 2.35. The van der Waals surface area contributed by atoms with Gasteiger partial charge in [-0.2, -0.15) is 5.26 Å². The number of allylic oxidation sites excluding steroid dienone is 2. The number of hydrogen-bond donors (Lipinski definition) is 1. The summed E-state index contributed by atoms with van der Waals surface area (Å²) in [4.78, 5) is 10.8. The maximum absolute atomic E-state index is 10.8. The largest absolute Gasteiger partial charge is 0.455 e. The molecule has 2 N–H and O–H groups in total. The normalized spacial score (nSPS) is 21.1. The van der Waals surface area contributed by atoms with Crippen LogP contribution < -0.4 is 5.73 Å². The minimum absolute atomic E-state index is 0.146. The van der Waals surface area contributed by atoms with Crippen LogP contribution in [0.4, 0.5) is 0 Å². The second kappa shape index (κ2) is 4.13. The van der Waals surface area contributed by atoms with Crippen molar-refractivity contribution in [1.82, 2.24) is 0 Å². The molecule has 1 saturated heterocycles. The molecule has 1 amide bonds. The van der Waals surface area contributed by atoms with Crippen LogP contribution in [0.1, 0.15) is 27.7 Å². The lowest BCUT2D eigenvalue weighted by molar-refractivity contribution is -0.114. The van der Waals surface area contributed by atoms with E-state index in [2.05, 4.69) is 0 Å². The predicted octanol–water partition coefficient (Wildman–Crippen LogP) is 1.37. The fourth-order valence-electron chi connectivity index (χ4n) is 1.16. The van der Waals surface area contributed by atoms with Crippen LogP contribution in [0.25, 0.3) is 0 Å². The van der Waals surface area contributed by atoms with E-state index in [1.54, 1.807) is 6.07 Å². The minimum Gasteiger partial charge on any atom is -0.455 e. The Morgan fingerprint density at radius 2 is 1.76 bits per heavy atom. The first-order valence-corrected chi connectivity index (χ1v) is 5.19. The van der Waals surface area contributed by atoms with Crippen molar-refractivity contribution >= 4 is 5.91 Å². The molecule has 0 aromatic rings. The van der Waals surface area contributed by atoms with Crippen molar-refractivity contribution in [3.05, 3.63) is 23.7 Å². The Bertz CT molecular complexity index is 421. The van der Waals surface area contributed by atoms with Gasteiger partial charge in [-0.1, -0.05) is 0 Å². The summed E-state index contributed by atoms with van der Waals surface area (Å²) in [6.07, 6.45) is 2.72. The summed E-state index contributed by atoms with van der Waals surface area (Å²) in [6.45, 7) is 7.60. The van der Waals surface area contributed by atoms with Gasteiger partial charge in [0, 0.05) is 6.08 Å². The summed E-state index contributed by atoms with van der Waals surface area (Å²) in [5.41, 5.74) is 3.89. The molecule has 1 fully saturated rings. The molecule has 5 heteroatoms. The Morgan fingerprint density at radius 3 is 2.12 bits per heavy atom. The number of primary amides is 1. The first-order chi connectivity index (χ1) is 7.69. The second-order valence-electron chi connectivity index (χ2n) is 4.77. The van der Waals surface area contributed by atoms with Gasteiger partial charge in [0.05, 0.1) is 0 Å². The zero-order valence-corrected chi connectivity index (χ0v) is 10.4. The van der Waals surface area contributed by atoms with E-state index < -0.39 is 17.1 Å². The number of carbonyl (C=O) groups is 1. The van der Waals surface area contributed by atoms with Crippen molar-refractivity contribution in [2.24, 2.45) is 5.73 Å². The van der Waals surface area contributed by atoms with E-state index in [1.807, 2.05) is 27.7 Å². The number of nitriles is 1. The topological polar surface area (TPSA) is 85.3 Å². The highest BCUT2D eigenvalue weighted by molar-refractivity contribution is 5.96. The van der Waals surface area contributed by atoms with Crippen molar-refractivity contribution < 1.29 is 14.3 Å². The first kappa shape index (κ1) is 13.1. The second-order valence-corrected chi connectivity index (χ2v) is 4.77. The van der Waals surface area contributed by atoms with Crippen molar-refractivity contribution in [3.8, 4) is 6.07 Å². The third-order valence-corrected chi connectivity index (χ3v) is 2.93. The summed E-state index contributed by atoms with van der Waals surface area (Å²) in [5.74, 6) is -0.505. The molecule has 0 radical (unpaired) electrons. The molecule has 0 aromatic carbocycles. The highest BCUT2D eigenvalue weighted by atomic mass is 16.7. The summed E-state index contributed by atoms with van der Waals surface area (Å²) < 4.78 is 11.1. The van der Waals surface area contributed by atoms with Gasteiger partial charge in [0.2, 0.25) is 0 Å². The molecule has 0 aliphatic carbocycles. The van der Waals surface area contributed by atoms with E-state index >= 15 is 0 Å². The van der Waals surface area contributed by atoms with E-state index in [4.69, 9.17) is 20.5 Å². The quantitative estimate of drug-likeness (QED) is 0.579. The zero-order valence-electron chi connectivity index (χ0n) is 10.4. The summed E-state index contributed by atoms with van der Waals surface area (Å²) in [5, 5.41) is 8.65. The molecule has 1 aliphatic heterocycles. The van der Waals surface area contributed by atoms with Crippen LogP contribution in [0.3, 0.4) is 0 Å². The van der Waals surface area contributed by atoms with Gasteiger partial charge in [-0.25, -0.2) is 0 Å². The lowest BCUT2D eigenvalue weighted by Gasteiger charge is -2.28. The molecule has 0 atom stereocenters. The molecule has 1 heterocycles. The molecule has 1 aliphatic rings. The van der Waals surface area contributed by atoms with Crippen LogP contribution in [0.15, 0.2) is 23.7 Å². The molecular formula is C12H16N2O3. The van der Waals surface area contributed by atoms with E-state index in [0.717, 1.165) is 0 Å². The molecule has 0 aromatic heterocycles. The van der Waals surface area contributed by atoms with Gasteiger partial charge < -0.3 is 15.2 Å². The Labute approximate surface area is 100 Å². The molecule has 0 spiro atoms. The van der Waals surface area contributed by atoms with Gasteiger partial charge >= 0.3 is 0 Å². The van der Waals surface area contributed by atoms with Crippen molar-refractivity contribution in [2.45, 2.75) is 38.9 Å². The fourth-order valence-corrected chi connectivity index (χ4v) is 1.16. The highest BCUT2D eigenvalue weighted by Gasteiger charge is 2.48. The van der Waals surface area contributed by atoms with Crippen LogP contribution in [-0.4, -0.2) is 17.1 Å². The summed E-state index contributed by atoms with van der Waals surface area (Å²) in [7, 11) is 0. The minimum atomic E-state index is -0.777. The molecule has 0 unspecified atom stereocenters. The third kappa shape index (κ3) is 2.59. The Morgan fingerprint density at radius 1 is 1.29 bits per heavy atom. The summed E-state index contributed by atoms with van der Waals surface area (Å²) in [6, 6.07) is 1.70. The van der Waals surface area contributed by atoms with E-state index in [-0.39, 0.29) is 11.5 Å². The van der Waals surface area contributed by atoms with Gasteiger partial charge in [0.1, 0.15) is 22.8 Å². The maximum Gasteiger partial charge on any atom is 0.280 e. The van der Waals surface area contributed by atoms with Gasteiger partial charge in [-0.3, -0.25) is 4.79 Å². The number of carbonyl (C=O) groups excluding carboxylic acids is 1. The number of nitrogens with two attached hydrogens (primary N) is 1. The smallest absolute Gasteiger partial charge is 0.280 e. The monoisotopic (exact) mass is 236 g/mol. The average molecular weight is 236 g/mol. The highest BCUT2D eigenvalue weighted by Crippen LogP contribution is 2.39. The molecule has 5 nitrogen and oxygen atoms in total. The molecular weight excluding hydrogens is 220 g/mol. The van der Waals surface area contributed by atoms with Crippen molar-refractivity contribution in [1.29, 1.82) is 5.26 Å². The van der Waals surface area contributed by atoms with Crippen molar-refractivity contribution in [2.75, 3.05) is 0 Å². The lowest BCUT2D eigenvalue weighted by Crippen LogP contribution is -2.41. The van der Waals surface area contributed by atoms with Crippen LogP contribution in [0.2, 0.25) is 0 Å². The standard InChI is InChI=1S/C12H16N2O3/c1-11(2)12(3,4)17-9(16-11)6-5-8(7-13)10(14)15/h5-6H,1-4H3,(H2,14,15)/b8-5-. The van der Waals surface area contributed by atoms with E-state index in [1.165, 1.54) is 12.2 Å². The van der Waals surface area contributed by atoms with Gasteiger partial charge in [0.15, 0.2) is 0 Å². The number of amides is 1. The molecule has 92 valence electrons. The van der Waals surface area contributed by atoms with E-state index in [0.29, 0.717) is 0 Å². The predicted molar refractivity (Wildman–Crippen MR) is 61.3 cm³/mol. The first-order valence-electron chi connectivity index (χ1n) is 5.19. The Balaban J connectivity index is 2.93. The lowest BCUT2D eigenvalue weighted by atomic mass is 9.90. The van der Waals surface area contributed by atoms with E-state index in [9.17, 15) is 4.79 Å². The molecule has 17 heavy (non-hydrogen) atoms. The van der Waals surface area contributed by atoms with Crippen LogP contribution in [0, 0.1) is 11.3 Å². The SMILES string of the molecule is CC1(C)OC(=C/C=C(/C#N)C(N)=O)OC1(C)C.